The number of azo groups is 1. The Morgan fingerprint density at radius 1 is 0.889 bits per heavy atom. The zero-order valence-electron chi connectivity index (χ0n) is 20.8. The zero-order chi connectivity index (χ0) is 25.8. The lowest BCUT2D eigenvalue weighted by Crippen LogP contribution is -2.59. The number of likely N-dealkylation sites (N-methyl/N-ethyl adjacent to an activating group) is 1. The molecule has 0 aliphatic carbocycles. The summed E-state index contributed by atoms with van der Waals surface area (Å²) in [5.74, 6) is 0. The number of benzene rings is 2. The summed E-state index contributed by atoms with van der Waals surface area (Å²) in [6.07, 6.45) is -5.02. The molecule has 3 rings (SSSR count). The number of methoxy groups -OCH3 is 1. The average molecular weight is 504 g/mol. The van der Waals surface area contributed by atoms with Crippen molar-refractivity contribution in [1.82, 2.24) is 0 Å². The van der Waals surface area contributed by atoms with E-state index >= 15 is 0 Å². The molecule has 10 heteroatoms. The molecule has 198 valence electrons. The first kappa shape index (κ1) is 28.1. The maximum Gasteiger partial charge on any atom is 0.184 e. The monoisotopic (exact) mass is 503 g/mol. The second kappa shape index (κ2) is 15.0. The van der Waals surface area contributed by atoms with Gasteiger partial charge in [0.05, 0.1) is 24.6 Å². The third-order valence-corrected chi connectivity index (χ3v) is 5.87. The van der Waals surface area contributed by atoms with Gasteiger partial charge in [-0.15, -0.1) is 0 Å². The van der Waals surface area contributed by atoms with Crippen LogP contribution in [0.25, 0.3) is 0 Å². The highest BCUT2D eigenvalue weighted by molar-refractivity contribution is 5.52. The van der Waals surface area contributed by atoms with E-state index in [0.717, 1.165) is 30.2 Å². The van der Waals surface area contributed by atoms with Gasteiger partial charge >= 0.3 is 0 Å². The first-order chi connectivity index (χ1) is 17.5. The fraction of sp³-hybridized carbons (Fsp3) is 0.538. The lowest BCUT2D eigenvalue weighted by molar-refractivity contribution is -0.295. The predicted molar refractivity (Wildman–Crippen MR) is 135 cm³/mol. The molecule has 0 amide bonds. The van der Waals surface area contributed by atoms with Crippen molar-refractivity contribution in [3.8, 4) is 0 Å². The van der Waals surface area contributed by atoms with Gasteiger partial charge < -0.3 is 39.2 Å². The molecule has 0 bridgehead atoms. The highest BCUT2D eigenvalue weighted by Gasteiger charge is 2.44. The van der Waals surface area contributed by atoms with Crippen LogP contribution in [0.3, 0.4) is 0 Å². The second-order valence-corrected chi connectivity index (χ2v) is 8.43. The molecular formula is C26H37N3O7. The normalized spacial score (nSPS) is 24.3. The standard InChI is InChI=1S/C26H37N3O7/c1-3-29(21-12-10-20(11-13-21)28-27-19-8-5-4-6-9-19)14-17-34-15-7-16-35-25-23(30)22(18-33-2)36-26(32)24(25)31/h4-6,8-13,22-26,30-32H,3,7,14-18H2,1-2H3/t22?,23-,24?,25?,26-/m1/s1. The molecule has 1 aliphatic heterocycles. The number of nitrogens with zero attached hydrogens (tertiary/aromatic N) is 3. The number of anilines is 1. The summed E-state index contributed by atoms with van der Waals surface area (Å²) < 4.78 is 21.5. The number of hydrogen-bond donors (Lipinski definition) is 3. The van der Waals surface area contributed by atoms with Crippen molar-refractivity contribution < 1.29 is 34.3 Å². The van der Waals surface area contributed by atoms with E-state index in [9.17, 15) is 15.3 Å². The van der Waals surface area contributed by atoms with Gasteiger partial charge in [0.1, 0.15) is 24.4 Å². The number of aliphatic hydroxyl groups excluding tert-OH is 3. The molecular weight excluding hydrogens is 466 g/mol. The van der Waals surface area contributed by atoms with Crippen LogP contribution in [0, 0.1) is 0 Å². The molecule has 2 aromatic rings. The van der Waals surface area contributed by atoms with Gasteiger partial charge in [-0.05, 0) is 49.7 Å². The van der Waals surface area contributed by atoms with Crippen molar-refractivity contribution in [1.29, 1.82) is 0 Å². The quantitative estimate of drug-likeness (QED) is 0.265. The van der Waals surface area contributed by atoms with Crippen LogP contribution < -0.4 is 4.90 Å². The van der Waals surface area contributed by atoms with Crippen molar-refractivity contribution in [3.63, 3.8) is 0 Å². The maximum atomic E-state index is 10.3. The van der Waals surface area contributed by atoms with Crippen LogP contribution in [-0.2, 0) is 18.9 Å². The number of aliphatic hydroxyl groups is 3. The van der Waals surface area contributed by atoms with Gasteiger partial charge in [-0.3, -0.25) is 0 Å². The van der Waals surface area contributed by atoms with E-state index in [1.54, 1.807) is 0 Å². The van der Waals surface area contributed by atoms with E-state index in [-0.39, 0.29) is 13.2 Å². The Balaban J connectivity index is 1.35. The van der Waals surface area contributed by atoms with Crippen LogP contribution in [-0.4, -0.2) is 92.7 Å². The minimum absolute atomic E-state index is 0.0857. The predicted octanol–water partition coefficient (Wildman–Crippen LogP) is 2.81. The Kier molecular flexibility index (Phi) is 11.7. The highest BCUT2D eigenvalue weighted by atomic mass is 16.7. The fourth-order valence-electron chi connectivity index (χ4n) is 3.88. The molecule has 0 saturated carbocycles. The molecule has 36 heavy (non-hydrogen) atoms. The number of ether oxygens (including phenoxy) is 4. The van der Waals surface area contributed by atoms with Gasteiger partial charge in [0.2, 0.25) is 0 Å². The van der Waals surface area contributed by atoms with E-state index in [2.05, 4.69) is 22.1 Å². The molecule has 2 aromatic carbocycles. The summed E-state index contributed by atoms with van der Waals surface area (Å²) in [6, 6.07) is 17.5. The number of rotatable bonds is 14. The second-order valence-electron chi connectivity index (χ2n) is 8.43. The van der Waals surface area contributed by atoms with E-state index in [1.807, 2.05) is 54.6 Å². The first-order valence-corrected chi connectivity index (χ1v) is 12.2. The molecule has 1 heterocycles. The molecule has 5 atom stereocenters. The maximum absolute atomic E-state index is 10.3. The highest BCUT2D eigenvalue weighted by Crippen LogP contribution is 2.24. The average Bonchev–Trinajstić information content (AvgIpc) is 2.90. The van der Waals surface area contributed by atoms with E-state index < -0.39 is 30.7 Å². The minimum Gasteiger partial charge on any atom is -0.387 e. The van der Waals surface area contributed by atoms with E-state index in [4.69, 9.17) is 18.9 Å². The minimum atomic E-state index is -1.43. The van der Waals surface area contributed by atoms with Gasteiger partial charge in [0.25, 0.3) is 0 Å². The van der Waals surface area contributed by atoms with Gasteiger partial charge in [-0.25, -0.2) is 0 Å². The summed E-state index contributed by atoms with van der Waals surface area (Å²) in [5.41, 5.74) is 2.68. The third kappa shape index (κ3) is 8.31. The zero-order valence-corrected chi connectivity index (χ0v) is 20.8. The van der Waals surface area contributed by atoms with Gasteiger partial charge in [0, 0.05) is 39.1 Å². The summed E-state index contributed by atoms with van der Waals surface area (Å²) >= 11 is 0. The summed E-state index contributed by atoms with van der Waals surface area (Å²) in [4.78, 5) is 2.21. The molecule has 1 aliphatic rings. The van der Waals surface area contributed by atoms with E-state index in [0.29, 0.717) is 19.6 Å². The Hall–Kier alpha value is -2.44. The Labute approximate surface area is 212 Å². The lowest BCUT2D eigenvalue weighted by atomic mass is 9.99. The molecule has 0 spiro atoms. The first-order valence-electron chi connectivity index (χ1n) is 12.2. The fourth-order valence-corrected chi connectivity index (χ4v) is 3.88. The number of hydrogen-bond acceptors (Lipinski definition) is 10. The molecule has 0 radical (unpaired) electrons. The van der Waals surface area contributed by atoms with Crippen LogP contribution >= 0.6 is 0 Å². The SMILES string of the molecule is CCN(CCOCCCOC1C(O)[C@H](O)OC(COC)[C@H]1O)c1ccc(N=Nc2ccccc2)cc1. The Bertz CT molecular complexity index is 900. The molecule has 10 nitrogen and oxygen atoms in total. The topological polar surface area (TPSA) is 126 Å². The smallest absolute Gasteiger partial charge is 0.184 e. The summed E-state index contributed by atoms with van der Waals surface area (Å²) in [6.45, 7) is 5.01. The Morgan fingerprint density at radius 2 is 1.58 bits per heavy atom. The van der Waals surface area contributed by atoms with Crippen LogP contribution in [0.5, 0.6) is 0 Å². The third-order valence-electron chi connectivity index (χ3n) is 5.87. The van der Waals surface area contributed by atoms with Crippen LogP contribution in [0.15, 0.2) is 64.8 Å². The van der Waals surface area contributed by atoms with Crippen LogP contribution in [0.2, 0.25) is 0 Å². The van der Waals surface area contributed by atoms with Gasteiger partial charge in [-0.1, -0.05) is 18.2 Å². The lowest BCUT2D eigenvalue weighted by Gasteiger charge is -2.40. The van der Waals surface area contributed by atoms with Crippen LogP contribution in [0.1, 0.15) is 13.3 Å². The molecule has 0 aromatic heterocycles. The van der Waals surface area contributed by atoms with Gasteiger partial charge in [-0.2, -0.15) is 10.2 Å². The summed E-state index contributed by atoms with van der Waals surface area (Å²) in [7, 11) is 1.47. The Morgan fingerprint density at radius 3 is 2.25 bits per heavy atom. The van der Waals surface area contributed by atoms with Crippen molar-refractivity contribution in [2.75, 3.05) is 51.5 Å². The molecule has 1 saturated heterocycles. The van der Waals surface area contributed by atoms with Crippen molar-refractivity contribution in [3.05, 3.63) is 54.6 Å². The largest absolute Gasteiger partial charge is 0.387 e. The van der Waals surface area contributed by atoms with Crippen molar-refractivity contribution in [2.45, 2.75) is 44.1 Å². The van der Waals surface area contributed by atoms with Crippen molar-refractivity contribution >= 4 is 17.1 Å². The molecule has 3 unspecified atom stereocenters. The van der Waals surface area contributed by atoms with Crippen molar-refractivity contribution in [2.24, 2.45) is 10.2 Å². The molecule has 1 fully saturated rings. The molecule has 3 N–H and O–H groups in total. The van der Waals surface area contributed by atoms with Crippen LogP contribution in [0.4, 0.5) is 17.1 Å². The van der Waals surface area contributed by atoms with E-state index in [1.165, 1.54) is 7.11 Å². The van der Waals surface area contributed by atoms with Gasteiger partial charge in [0.15, 0.2) is 6.29 Å². The summed E-state index contributed by atoms with van der Waals surface area (Å²) in [5, 5.41) is 38.8.